The van der Waals surface area contributed by atoms with Crippen molar-refractivity contribution in [1.29, 1.82) is 0 Å². The summed E-state index contributed by atoms with van der Waals surface area (Å²) in [5.41, 5.74) is 5.80. The first-order valence-corrected chi connectivity index (χ1v) is 4.43. The van der Waals surface area contributed by atoms with Crippen molar-refractivity contribution in [2.75, 3.05) is 0 Å². The number of nitrogens with two attached hydrogens (primary N) is 1. The van der Waals surface area contributed by atoms with Crippen molar-refractivity contribution in [3.63, 3.8) is 0 Å². The van der Waals surface area contributed by atoms with Crippen LogP contribution in [0.2, 0.25) is 0 Å². The Bertz CT molecular complexity index is 368. The summed E-state index contributed by atoms with van der Waals surface area (Å²) in [6.45, 7) is 0. The minimum atomic E-state index is -1.10. The molecule has 0 saturated carbocycles. The highest BCUT2D eigenvalue weighted by atomic mass is 19.2. The van der Waals surface area contributed by atoms with E-state index in [1.807, 2.05) is 0 Å². The Balaban J connectivity index is 2.58. The lowest BCUT2D eigenvalue weighted by Crippen LogP contribution is -2.30. The Morgan fingerprint density at radius 2 is 2.07 bits per heavy atom. The quantitative estimate of drug-likeness (QED) is 0.795. The topological polar surface area (TPSA) is 63.3 Å². The second kappa shape index (κ2) is 4.84. The zero-order valence-electron chi connectivity index (χ0n) is 7.91. The van der Waals surface area contributed by atoms with Gasteiger partial charge in [-0.25, -0.2) is 8.78 Å². The predicted octanol–water partition coefficient (Wildman–Crippen LogP) is 1.31. The van der Waals surface area contributed by atoms with Gasteiger partial charge in [-0.05, 0) is 30.5 Å². The Morgan fingerprint density at radius 1 is 1.40 bits per heavy atom. The lowest BCUT2D eigenvalue weighted by molar-refractivity contribution is -0.138. The zero-order chi connectivity index (χ0) is 11.4. The largest absolute Gasteiger partial charge is 0.480 e. The number of carboxylic acids is 1. The summed E-state index contributed by atoms with van der Waals surface area (Å²) in [5.74, 6) is -2.95. The highest BCUT2D eigenvalue weighted by molar-refractivity contribution is 5.73. The van der Waals surface area contributed by atoms with Gasteiger partial charge in [0, 0.05) is 0 Å². The summed E-state index contributed by atoms with van der Waals surface area (Å²) in [6.07, 6.45) is 0.505. The second-order valence-electron chi connectivity index (χ2n) is 3.23. The Morgan fingerprint density at radius 3 is 2.60 bits per heavy atom. The molecule has 5 heteroatoms. The van der Waals surface area contributed by atoms with Gasteiger partial charge in [-0.3, -0.25) is 4.79 Å². The maximum absolute atomic E-state index is 12.7. The zero-order valence-corrected chi connectivity index (χ0v) is 7.91. The van der Waals surface area contributed by atoms with Crippen LogP contribution < -0.4 is 5.73 Å². The van der Waals surface area contributed by atoms with Gasteiger partial charge in [0.15, 0.2) is 11.6 Å². The van der Waals surface area contributed by atoms with Crippen LogP contribution in [0.3, 0.4) is 0 Å². The van der Waals surface area contributed by atoms with Crippen LogP contribution in [0.25, 0.3) is 0 Å². The molecule has 3 nitrogen and oxygen atoms in total. The van der Waals surface area contributed by atoms with E-state index in [4.69, 9.17) is 10.8 Å². The van der Waals surface area contributed by atoms with Gasteiger partial charge in [0.2, 0.25) is 0 Å². The van der Waals surface area contributed by atoms with Crippen LogP contribution in [0.5, 0.6) is 0 Å². The lowest BCUT2D eigenvalue weighted by Gasteiger charge is -2.06. The maximum atomic E-state index is 12.7. The Hall–Kier alpha value is -1.49. The predicted molar refractivity (Wildman–Crippen MR) is 50.3 cm³/mol. The van der Waals surface area contributed by atoms with Crippen LogP contribution >= 0.6 is 0 Å². The molecule has 0 radical (unpaired) electrons. The van der Waals surface area contributed by atoms with Gasteiger partial charge in [0.1, 0.15) is 6.04 Å². The SMILES string of the molecule is N[C@@H](CCc1ccc(F)c(F)c1)C(=O)O. The fraction of sp³-hybridized carbons (Fsp3) is 0.300. The monoisotopic (exact) mass is 215 g/mol. The molecule has 0 unspecified atom stereocenters. The molecule has 0 amide bonds. The molecule has 0 aliphatic rings. The number of halogens is 2. The summed E-state index contributed by atoms with van der Waals surface area (Å²) < 4.78 is 25.3. The summed E-state index contributed by atoms with van der Waals surface area (Å²) >= 11 is 0. The van der Waals surface area contributed by atoms with Crippen molar-refractivity contribution in [3.8, 4) is 0 Å². The molecule has 1 rings (SSSR count). The lowest BCUT2D eigenvalue weighted by atomic mass is 10.1. The van der Waals surface area contributed by atoms with E-state index >= 15 is 0 Å². The van der Waals surface area contributed by atoms with E-state index in [-0.39, 0.29) is 6.42 Å². The fourth-order valence-electron chi connectivity index (χ4n) is 1.14. The highest BCUT2D eigenvalue weighted by Crippen LogP contribution is 2.10. The third kappa shape index (κ3) is 3.28. The molecule has 0 aromatic heterocycles. The van der Waals surface area contributed by atoms with E-state index in [1.54, 1.807) is 0 Å². The molecule has 0 spiro atoms. The minimum Gasteiger partial charge on any atom is -0.480 e. The molecule has 0 heterocycles. The van der Waals surface area contributed by atoms with Crippen molar-refractivity contribution >= 4 is 5.97 Å². The summed E-state index contributed by atoms with van der Waals surface area (Å²) in [7, 11) is 0. The fourth-order valence-corrected chi connectivity index (χ4v) is 1.14. The second-order valence-corrected chi connectivity index (χ2v) is 3.23. The van der Waals surface area contributed by atoms with Gasteiger partial charge in [-0.15, -0.1) is 0 Å². The first-order chi connectivity index (χ1) is 7.00. The van der Waals surface area contributed by atoms with Gasteiger partial charge < -0.3 is 10.8 Å². The Kier molecular flexibility index (Phi) is 3.74. The van der Waals surface area contributed by atoms with Crippen LogP contribution in [0.4, 0.5) is 8.78 Å². The number of hydrogen-bond acceptors (Lipinski definition) is 2. The molecule has 0 aliphatic carbocycles. The molecule has 0 saturated heterocycles. The first kappa shape index (κ1) is 11.6. The van der Waals surface area contributed by atoms with Crippen LogP contribution in [0, 0.1) is 11.6 Å². The van der Waals surface area contributed by atoms with E-state index in [0.29, 0.717) is 12.0 Å². The molecule has 0 bridgehead atoms. The molecule has 0 fully saturated rings. The molecule has 0 aliphatic heterocycles. The number of carbonyl (C=O) groups is 1. The third-order valence-electron chi connectivity index (χ3n) is 2.05. The number of rotatable bonds is 4. The summed E-state index contributed by atoms with van der Waals surface area (Å²) in [5, 5.41) is 8.50. The van der Waals surface area contributed by atoms with Crippen LogP contribution in [0.1, 0.15) is 12.0 Å². The smallest absolute Gasteiger partial charge is 0.320 e. The number of carboxylic acid groups (broad SMARTS) is 1. The standard InChI is InChI=1S/C10H11F2NO2/c11-7-3-1-6(5-8(7)12)2-4-9(13)10(14)15/h1,3,5,9H,2,4,13H2,(H,14,15)/t9-/m0/s1. The van der Waals surface area contributed by atoms with Gasteiger partial charge in [-0.1, -0.05) is 6.07 Å². The van der Waals surface area contributed by atoms with Gasteiger partial charge >= 0.3 is 5.97 Å². The van der Waals surface area contributed by atoms with Crippen molar-refractivity contribution in [1.82, 2.24) is 0 Å². The molecule has 82 valence electrons. The average Bonchev–Trinajstić information content (AvgIpc) is 2.19. The average molecular weight is 215 g/mol. The molecule has 1 aromatic rings. The van der Waals surface area contributed by atoms with Gasteiger partial charge in [-0.2, -0.15) is 0 Å². The number of benzene rings is 1. The van der Waals surface area contributed by atoms with E-state index in [9.17, 15) is 13.6 Å². The van der Waals surface area contributed by atoms with Crippen molar-refractivity contribution < 1.29 is 18.7 Å². The number of aliphatic carboxylic acids is 1. The van der Waals surface area contributed by atoms with E-state index in [1.165, 1.54) is 6.07 Å². The summed E-state index contributed by atoms with van der Waals surface area (Å²) in [4.78, 5) is 10.4. The Labute approximate surface area is 85.5 Å². The summed E-state index contributed by atoms with van der Waals surface area (Å²) in [6, 6.07) is 2.49. The van der Waals surface area contributed by atoms with E-state index < -0.39 is 23.6 Å². The third-order valence-corrected chi connectivity index (χ3v) is 2.05. The van der Waals surface area contributed by atoms with Crippen molar-refractivity contribution in [2.45, 2.75) is 18.9 Å². The van der Waals surface area contributed by atoms with Crippen molar-refractivity contribution in [2.24, 2.45) is 5.73 Å². The number of aryl methyl sites for hydroxylation is 1. The highest BCUT2D eigenvalue weighted by Gasteiger charge is 2.11. The van der Waals surface area contributed by atoms with Gasteiger partial charge in [0.25, 0.3) is 0 Å². The van der Waals surface area contributed by atoms with Crippen LogP contribution in [0.15, 0.2) is 18.2 Å². The maximum Gasteiger partial charge on any atom is 0.320 e. The van der Waals surface area contributed by atoms with E-state index in [2.05, 4.69) is 0 Å². The molecule has 1 atom stereocenters. The first-order valence-electron chi connectivity index (χ1n) is 4.43. The number of hydrogen-bond donors (Lipinski definition) is 2. The van der Waals surface area contributed by atoms with Crippen LogP contribution in [-0.2, 0) is 11.2 Å². The normalized spacial score (nSPS) is 12.5. The minimum absolute atomic E-state index is 0.195. The van der Waals surface area contributed by atoms with Crippen molar-refractivity contribution in [3.05, 3.63) is 35.4 Å². The molecule has 15 heavy (non-hydrogen) atoms. The van der Waals surface area contributed by atoms with Gasteiger partial charge in [0.05, 0.1) is 0 Å². The van der Waals surface area contributed by atoms with Crippen LogP contribution in [-0.4, -0.2) is 17.1 Å². The molecule has 1 aromatic carbocycles. The molecule has 3 N–H and O–H groups in total. The van der Waals surface area contributed by atoms with E-state index in [0.717, 1.165) is 12.1 Å². The molecular weight excluding hydrogens is 204 g/mol. The molecular formula is C10H11F2NO2.